The Morgan fingerprint density at radius 1 is 1.39 bits per heavy atom. The molecule has 0 atom stereocenters. The zero-order valence-electron chi connectivity index (χ0n) is 11.0. The number of nitrogens with one attached hydrogen (secondary N) is 1. The predicted molar refractivity (Wildman–Crippen MR) is 75.3 cm³/mol. The van der Waals surface area contributed by atoms with Gasteiger partial charge in [0, 0.05) is 30.8 Å². The van der Waals surface area contributed by atoms with E-state index in [1.807, 2.05) is 6.07 Å². The van der Waals surface area contributed by atoms with Gasteiger partial charge in [-0.05, 0) is 37.0 Å². The highest BCUT2D eigenvalue weighted by molar-refractivity contribution is 6.31. The molecule has 0 bridgehead atoms. The molecule has 1 aromatic rings. The molecular formula is C14H19ClN2O. The number of hydrogen-bond acceptors (Lipinski definition) is 2. The van der Waals surface area contributed by atoms with E-state index in [1.54, 1.807) is 31.1 Å². The zero-order chi connectivity index (χ0) is 13.3. The second kappa shape index (κ2) is 5.19. The lowest BCUT2D eigenvalue weighted by Crippen LogP contribution is -2.34. The average molecular weight is 267 g/mol. The van der Waals surface area contributed by atoms with Crippen LogP contribution in [0.3, 0.4) is 0 Å². The first-order valence-corrected chi connectivity index (χ1v) is 6.63. The molecule has 3 nitrogen and oxygen atoms in total. The van der Waals surface area contributed by atoms with Crippen LogP contribution in [0.15, 0.2) is 18.2 Å². The van der Waals surface area contributed by atoms with E-state index in [-0.39, 0.29) is 5.91 Å². The van der Waals surface area contributed by atoms with Crippen LogP contribution in [-0.4, -0.2) is 30.9 Å². The third-order valence-corrected chi connectivity index (χ3v) is 3.59. The van der Waals surface area contributed by atoms with E-state index < -0.39 is 0 Å². The first-order valence-electron chi connectivity index (χ1n) is 6.25. The maximum Gasteiger partial charge on any atom is 0.255 e. The summed E-state index contributed by atoms with van der Waals surface area (Å²) in [6.07, 6.45) is 2.31. The lowest BCUT2D eigenvalue weighted by molar-refractivity contribution is 0.0828. The third-order valence-electron chi connectivity index (χ3n) is 3.35. The number of amides is 1. The van der Waals surface area contributed by atoms with Crippen LogP contribution < -0.4 is 5.32 Å². The van der Waals surface area contributed by atoms with Crippen molar-refractivity contribution in [2.24, 2.45) is 5.92 Å². The summed E-state index contributed by atoms with van der Waals surface area (Å²) < 4.78 is 0. The third kappa shape index (κ3) is 2.78. The van der Waals surface area contributed by atoms with Gasteiger partial charge in [0.1, 0.15) is 0 Å². The summed E-state index contributed by atoms with van der Waals surface area (Å²) in [6.45, 7) is 2.24. The molecule has 18 heavy (non-hydrogen) atoms. The van der Waals surface area contributed by atoms with Crippen molar-refractivity contribution in [2.75, 3.05) is 19.4 Å². The van der Waals surface area contributed by atoms with Crippen LogP contribution >= 0.6 is 11.6 Å². The van der Waals surface area contributed by atoms with Crippen LogP contribution in [0.5, 0.6) is 0 Å². The van der Waals surface area contributed by atoms with E-state index in [4.69, 9.17) is 11.6 Å². The molecule has 0 unspecified atom stereocenters. The summed E-state index contributed by atoms with van der Waals surface area (Å²) in [4.78, 5) is 13.7. The van der Waals surface area contributed by atoms with E-state index >= 15 is 0 Å². The first-order chi connectivity index (χ1) is 8.47. The molecule has 1 aromatic carbocycles. The van der Waals surface area contributed by atoms with Crippen molar-refractivity contribution in [1.82, 2.24) is 4.90 Å². The Balaban J connectivity index is 2.21. The molecule has 98 valence electrons. The van der Waals surface area contributed by atoms with Crippen LogP contribution in [0.4, 0.5) is 5.69 Å². The molecule has 0 spiro atoms. The Labute approximate surface area is 113 Å². The first kappa shape index (κ1) is 13.2. The number of nitrogens with zero attached hydrogens (tertiary/aromatic N) is 1. The van der Waals surface area contributed by atoms with Crippen molar-refractivity contribution in [2.45, 2.75) is 25.8 Å². The Bertz CT molecular complexity index is 453. The molecule has 0 heterocycles. The highest BCUT2D eigenvalue weighted by atomic mass is 35.5. The molecule has 0 saturated heterocycles. The van der Waals surface area contributed by atoms with E-state index in [1.165, 1.54) is 0 Å². The number of carbonyl (C=O) groups is 1. The number of anilines is 1. The average Bonchev–Trinajstić information content (AvgIpc) is 2.26. The SMILES string of the molecule is CC1CC(Nc2cc(Cl)ccc2C(=O)N(C)C)C1. The number of benzene rings is 1. The molecule has 4 heteroatoms. The molecule has 1 aliphatic rings. The Kier molecular flexibility index (Phi) is 3.81. The van der Waals surface area contributed by atoms with Gasteiger partial charge in [0.05, 0.1) is 5.56 Å². The van der Waals surface area contributed by atoms with Crippen LogP contribution in [0.25, 0.3) is 0 Å². The highest BCUT2D eigenvalue weighted by Crippen LogP contribution is 2.31. The van der Waals surface area contributed by atoms with E-state index in [2.05, 4.69) is 12.2 Å². The van der Waals surface area contributed by atoms with Gasteiger partial charge in [-0.25, -0.2) is 0 Å². The summed E-state index contributed by atoms with van der Waals surface area (Å²) in [5.41, 5.74) is 1.53. The lowest BCUT2D eigenvalue weighted by Gasteiger charge is -2.34. The number of carbonyl (C=O) groups excluding carboxylic acids is 1. The van der Waals surface area contributed by atoms with Gasteiger partial charge >= 0.3 is 0 Å². The Hall–Kier alpha value is -1.22. The van der Waals surface area contributed by atoms with E-state index in [9.17, 15) is 4.79 Å². The smallest absolute Gasteiger partial charge is 0.255 e. The van der Waals surface area contributed by atoms with Crippen LogP contribution in [-0.2, 0) is 0 Å². The van der Waals surface area contributed by atoms with Gasteiger partial charge < -0.3 is 10.2 Å². The number of halogens is 1. The topological polar surface area (TPSA) is 32.3 Å². The van der Waals surface area contributed by atoms with Crippen molar-refractivity contribution < 1.29 is 4.79 Å². The van der Waals surface area contributed by atoms with Crippen molar-refractivity contribution in [3.05, 3.63) is 28.8 Å². The van der Waals surface area contributed by atoms with Gasteiger partial charge in [-0.2, -0.15) is 0 Å². The molecule has 1 fully saturated rings. The second-order valence-corrected chi connectivity index (χ2v) is 5.74. The van der Waals surface area contributed by atoms with Crippen molar-refractivity contribution >= 4 is 23.2 Å². The molecule has 1 amide bonds. The fraction of sp³-hybridized carbons (Fsp3) is 0.500. The minimum Gasteiger partial charge on any atom is -0.382 e. The van der Waals surface area contributed by atoms with E-state index in [0.29, 0.717) is 16.6 Å². The predicted octanol–water partition coefficient (Wildman–Crippen LogP) is 3.25. The summed E-state index contributed by atoms with van der Waals surface area (Å²) in [5.74, 6) is 0.774. The highest BCUT2D eigenvalue weighted by Gasteiger charge is 2.26. The number of rotatable bonds is 3. The largest absolute Gasteiger partial charge is 0.382 e. The summed E-state index contributed by atoms with van der Waals surface area (Å²) in [5, 5.41) is 4.07. The van der Waals surface area contributed by atoms with Crippen LogP contribution in [0.2, 0.25) is 5.02 Å². The second-order valence-electron chi connectivity index (χ2n) is 5.31. The van der Waals surface area contributed by atoms with Gasteiger partial charge in [-0.15, -0.1) is 0 Å². The van der Waals surface area contributed by atoms with Gasteiger partial charge in [0.15, 0.2) is 0 Å². The van der Waals surface area contributed by atoms with Crippen molar-refractivity contribution in [3.63, 3.8) is 0 Å². The monoisotopic (exact) mass is 266 g/mol. The Morgan fingerprint density at radius 2 is 2.06 bits per heavy atom. The summed E-state index contributed by atoms with van der Waals surface area (Å²) >= 11 is 6.01. The molecule has 2 rings (SSSR count). The maximum absolute atomic E-state index is 12.1. The maximum atomic E-state index is 12.1. The molecule has 1 N–H and O–H groups in total. The van der Waals surface area contributed by atoms with Gasteiger partial charge in [-0.1, -0.05) is 18.5 Å². The zero-order valence-corrected chi connectivity index (χ0v) is 11.8. The summed E-state index contributed by atoms with van der Waals surface area (Å²) in [6, 6.07) is 5.84. The van der Waals surface area contributed by atoms with Crippen molar-refractivity contribution in [3.8, 4) is 0 Å². The molecule has 0 aromatic heterocycles. The van der Waals surface area contributed by atoms with Gasteiger partial charge in [-0.3, -0.25) is 4.79 Å². The van der Waals surface area contributed by atoms with Gasteiger partial charge in [0.25, 0.3) is 5.91 Å². The standard InChI is InChI=1S/C14H19ClN2O/c1-9-6-11(7-9)16-13-8-10(15)4-5-12(13)14(18)17(2)3/h4-5,8-9,11,16H,6-7H2,1-3H3. The minimum atomic E-state index is 0.00142. The molecule has 1 saturated carbocycles. The minimum absolute atomic E-state index is 0.00142. The molecule has 1 aliphatic carbocycles. The van der Waals surface area contributed by atoms with Gasteiger partial charge in [0.2, 0.25) is 0 Å². The molecular weight excluding hydrogens is 248 g/mol. The fourth-order valence-corrected chi connectivity index (χ4v) is 2.48. The molecule has 0 aliphatic heterocycles. The lowest BCUT2D eigenvalue weighted by atomic mass is 9.81. The Morgan fingerprint density at radius 3 is 2.61 bits per heavy atom. The quantitative estimate of drug-likeness (QED) is 0.911. The van der Waals surface area contributed by atoms with E-state index in [0.717, 1.165) is 24.4 Å². The van der Waals surface area contributed by atoms with Crippen LogP contribution in [0, 0.1) is 5.92 Å². The number of hydrogen-bond donors (Lipinski definition) is 1. The summed E-state index contributed by atoms with van der Waals surface area (Å²) in [7, 11) is 3.51. The molecule has 0 radical (unpaired) electrons. The van der Waals surface area contributed by atoms with Crippen molar-refractivity contribution in [1.29, 1.82) is 0 Å². The normalized spacial score (nSPS) is 22.2. The van der Waals surface area contributed by atoms with Crippen LogP contribution in [0.1, 0.15) is 30.1 Å². The fourth-order valence-electron chi connectivity index (χ4n) is 2.30.